The topological polar surface area (TPSA) is 77.8 Å². The molecule has 7 nitrogen and oxygen atoms in total. The van der Waals surface area contributed by atoms with Crippen LogP contribution in [0.1, 0.15) is 36.2 Å². The smallest absolute Gasteiger partial charge is 0.272 e. The Morgan fingerprint density at radius 2 is 2.10 bits per heavy atom. The minimum absolute atomic E-state index is 0.111. The second-order valence-electron chi connectivity index (χ2n) is 7.85. The molecule has 1 saturated carbocycles. The van der Waals surface area contributed by atoms with Gasteiger partial charge in [-0.1, -0.05) is 36.2 Å². The first-order valence-corrected chi connectivity index (χ1v) is 10.3. The predicted molar refractivity (Wildman–Crippen MR) is 114 cm³/mol. The molecule has 0 atom stereocenters. The van der Waals surface area contributed by atoms with Gasteiger partial charge in [0.1, 0.15) is 0 Å². The number of rotatable bonds is 4. The third-order valence-electron chi connectivity index (χ3n) is 6.03. The summed E-state index contributed by atoms with van der Waals surface area (Å²) in [6.07, 6.45) is 3.13. The van der Waals surface area contributed by atoms with E-state index >= 15 is 0 Å². The normalized spacial score (nSPS) is 17.7. The molecule has 0 saturated heterocycles. The fourth-order valence-corrected chi connectivity index (χ4v) is 4.71. The van der Waals surface area contributed by atoms with Gasteiger partial charge in [-0.3, -0.25) is 14.9 Å². The Hall–Kier alpha value is -2.80. The van der Waals surface area contributed by atoms with Gasteiger partial charge in [0.2, 0.25) is 0 Å². The zero-order valence-electron chi connectivity index (χ0n) is 16.3. The first kappa shape index (κ1) is 18.2. The summed E-state index contributed by atoms with van der Waals surface area (Å²) in [5, 5.41) is 7.30. The van der Waals surface area contributed by atoms with Crippen molar-refractivity contribution < 1.29 is 0 Å². The number of benzene rings is 1. The van der Waals surface area contributed by atoms with Crippen LogP contribution in [0.2, 0.25) is 5.02 Å². The van der Waals surface area contributed by atoms with Gasteiger partial charge in [-0.25, -0.2) is 9.50 Å². The van der Waals surface area contributed by atoms with E-state index in [9.17, 15) is 4.79 Å². The Labute approximate surface area is 173 Å². The van der Waals surface area contributed by atoms with Crippen LogP contribution in [0.15, 0.2) is 46.2 Å². The summed E-state index contributed by atoms with van der Waals surface area (Å²) in [6.45, 7) is 2.15. The largest absolute Gasteiger partial charge is 0.354 e. The molecular formula is C21H23ClN6O. The molecule has 2 N–H and O–H groups in total. The van der Waals surface area contributed by atoms with Gasteiger partial charge in [-0.15, -0.1) is 0 Å². The van der Waals surface area contributed by atoms with E-state index in [1.807, 2.05) is 36.2 Å². The summed E-state index contributed by atoms with van der Waals surface area (Å²) in [5.74, 6) is 0.842. The summed E-state index contributed by atoms with van der Waals surface area (Å²) in [5.41, 5.74) is 3.17. The third kappa shape index (κ3) is 3.00. The molecule has 1 aromatic carbocycles. The number of halogens is 1. The summed E-state index contributed by atoms with van der Waals surface area (Å²) in [6, 6.07) is 11.6. The zero-order chi connectivity index (χ0) is 20.0. The van der Waals surface area contributed by atoms with Gasteiger partial charge in [-0.2, -0.15) is 0 Å². The van der Waals surface area contributed by atoms with E-state index in [4.69, 9.17) is 16.6 Å². The lowest BCUT2D eigenvalue weighted by Gasteiger charge is -2.42. The third-order valence-corrected chi connectivity index (χ3v) is 6.36. The van der Waals surface area contributed by atoms with Gasteiger partial charge in [0, 0.05) is 41.9 Å². The highest BCUT2D eigenvalue weighted by molar-refractivity contribution is 6.31. The molecule has 1 fully saturated rings. The molecule has 0 unspecified atom stereocenters. The number of H-pyrrole nitrogens is 1. The lowest BCUT2D eigenvalue weighted by atomic mass is 9.62. The number of aromatic amines is 1. The molecule has 150 valence electrons. The van der Waals surface area contributed by atoms with Crippen LogP contribution in [0.5, 0.6) is 0 Å². The fraction of sp³-hybridized carbons (Fsp3) is 0.381. The Balaban J connectivity index is 1.53. The minimum Gasteiger partial charge on any atom is -0.354 e. The van der Waals surface area contributed by atoms with E-state index in [-0.39, 0.29) is 11.0 Å². The molecule has 5 rings (SSSR count). The second kappa shape index (κ2) is 6.91. The number of guanidine groups is 1. The van der Waals surface area contributed by atoms with Crippen LogP contribution in [-0.2, 0) is 12.0 Å². The first-order valence-electron chi connectivity index (χ1n) is 9.93. The van der Waals surface area contributed by atoms with E-state index in [1.54, 1.807) is 6.07 Å². The molecular weight excluding hydrogens is 388 g/mol. The van der Waals surface area contributed by atoms with Gasteiger partial charge < -0.3 is 10.2 Å². The van der Waals surface area contributed by atoms with Crippen LogP contribution in [-0.4, -0.2) is 45.6 Å². The zero-order valence-corrected chi connectivity index (χ0v) is 17.0. The Morgan fingerprint density at radius 3 is 2.79 bits per heavy atom. The number of fused-ring (bicyclic) bond motifs is 1. The summed E-state index contributed by atoms with van der Waals surface area (Å²) < 4.78 is 1.53. The van der Waals surface area contributed by atoms with Crippen LogP contribution in [0.3, 0.4) is 0 Å². The van der Waals surface area contributed by atoms with Crippen LogP contribution >= 0.6 is 11.6 Å². The van der Waals surface area contributed by atoms with Crippen molar-refractivity contribution in [3.8, 4) is 0 Å². The predicted octanol–water partition coefficient (Wildman–Crippen LogP) is 2.54. The maximum atomic E-state index is 12.8. The van der Waals surface area contributed by atoms with Crippen molar-refractivity contribution in [1.29, 1.82) is 0 Å². The van der Waals surface area contributed by atoms with Crippen molar-refractivity contribution in [1.82, 2.24) is 24.8 Å². The van der Waals surface area contributed by atoms with Crippen molar-refractivity contribution in [3.63, 3.8) is 0 Å². The average molecular weight is 411 g/mol. The first-order chi connectivity index (χ1) is 14.1. The van der Waals surface area contributed by atoms with E-state index in [1.165, 1.54) is 4.52 Å². The molecule has 0 bridgehead atoms. The van der Waals surface area contributed by atoms with Crippen LogP contribution in [0, 0.1) is 0 Å². The quantitative estimate of drug-likeness (QED) is 0.692. The number of hydrogen-bond donors (Lipinski definition) is 2. The molecule has 29 heavy (non-hydrogen) atoms. The molecule has 2 aliphatic rings. The van der Waals surface area contributed by atoms with Gasteiger partial charge in [0.05, 0.1) is 18.8 Å². The molecule has 8 heteroatoms. The molecule has 2 aromatic heterocycles. The lowest BCUT2D eigenvalue weighted by Crippen LogP contribution is -2.36. The monoisotopic (exact) mass is 410 g/mol. The number of aromatic nitrogens is 3. The number of nitrogens with one attached hydrogen (secondary N) is 2. The Bertz CT molecular complexity index is 1160. The maximum absolute atomic E-state index is 12.8. The van der Waals surface area contributed by atoms with E-state index in [2.05, 4.69) is 21.5 Å². The standard InChI is InChI=1S/C21H23ClN6O/c1-27(20-23-9-10-24-20)13-14-11-19(29)28-18(25-14)12-17(26-28)21(7-4-8-21)15-5-2-3-6-16(15)22/h2-3,5-6,11-12,26H,4,7-10,13H2,1H3,(H,23,24). The molecule has 0 amide bonds. The highest BCUT2D eigenvalue weighted by Crippen LogP contribution is 2.50. The summed E-state index contributed by atoms with van der Waals surface area (Å²) in [7, 11) is 1.95. The number of aliphatic imine (C=N–C) groups is 1. The van der Waals surface area contributed by atoms with Crippen LogP contribution < -0.4 is 10.9 Å². The van der Waals surface area contributed by atoms with Crippen molar-refractivity contribution >= 4 is 23.2 Å². The highest BCUT2D eigenvalue weighted by atomic mass is 35.5. The fourth-order valence-electron chi connectivity index (χ4n) is 4.39. The molecule has 3 aromatic rings. The van der Waals surface area contributed by atoms with Crippen molar-refractivity contribution in [3.05, 3.63) is 68.7 Å². The van der Waals surface area contributed by atoms with E-state index < -0.39 is 0 Å². The SMILES string of the molecule is CN(Cc1cc(=O)n2[nH]c(C3(c4ccccc4Cl)CCC3)cc2n1)C1=NCCN1. The highest BCUT2D eigenvalue weighted by Gasteiger charge is 2.43. The van der Waals surface area contributed by atoms with Crippen molar-refractivity contribution in [2.75, 3.05) is 20.1 Å². The summed E-state index contributed by atoms with van der Waals surface area (Å²) >= 11 is 6.53. The van der Waals surface area contributed by atoms with Gasteiger partial charge >= 0.3 is 0 Å². The Morgan fingerprint density at radius 1 is 1.28 bits per heavy atom. The van der Waals surface area contributed by atoms with Crippen molar-refractivity contribution in [2.24, 2.45) is 4.99 Å². The minimum atomic E-state index is -0.183. The van der Waals surface area contributed by atoms with E-state index in [0.717, 1.165) is 60.3 Å². The van der Waals surface area contributed by atoms with Crippen LogP contribution in [0.25, 0.3) is 5.65 Å². The molecule has 3 heterocycles. The lowest BCUT2D eigenvalue weighted by molar-refractivity contribution is 0.293. The average Bonchev–Trinajstić information content (AvgIpc) is 3.33. The number of nitrogens with zero attached hydrogens (tertiary/aromatic N) is 4. The van der Waals surface area contributed by atoms with Gasteiger partial charge in [0.25, 0.3) is 5.56 Å². The van der Waals surface area contributed by atoms with Crippen LogP contribution in [0.4, 0.5) is 0 Å². The van der Waals surface area contributed by atoms with Gasteiger partial charge in [0.15, 0.2) is 11.6 Å². The summed E-state index contributed by atoms with van der Waals surface area (Å²) in [4.78, 5) is 23.9. The molecule has 1 aliphatic carbocycles. The molecule has 0 radical (unpaired) electrons. The van der Waals surface area contributed by atoms with Gasteiger partial charge in [-0.05, 0) is 24.5 Å². The number of hydrogen-bond acceptors (Lipinski definition) is 5. The van der Waals surface area contributed by atoms with Crippen molar-refractivity contribution in [2.45, 2.75) is 31.2 Å². The van der Waals surface area contributed by atoms with E-state index in [0.29, 0.717) is 12.2 Å². The maximum Gasteiger partial charge on any atom is 0.272 e. The molecule has 1 aliphatic heterocycles. The molecule has 0 spiro atoms. The second-order valence-corrected chi connectivity index (χ2v) is 8.26. The Kier molecular flexibility index (Phi) is 4.35.